The van der Waals surface area contributed by atoms with Crippen molar-refractivity contribution in [2.45, 2.75) is 84.5 Å². The Morgan fingerprint density at radius 2 is 1.48 bits per heavy atom. The Kier molecular flexibility index (Phi) is 6.63. The minimum atomic E-state index is -0.824. The third-order valence-corrected chi connectivity index (χ3v) is 5.80. The van der Waals surface area contributed by atoms with Gasteiger partial charge >= 0.3 is 11.9 Å². The van der Waals surface area contributed by atoms with E-state index in [4.69, 9.17) is 9.47 Å². The second-order valence-electron chi connectivity index (χ2n) is 10.2. The summed E-state index contributed by atoms with van der Waals surface area (Å²) in [4.78, 5) is 23.6. The zero-order valence-electron chi connectivity index (χ0n) is 17.5. The molecule has 0 aromatic carbocycles. The molecule has 6 nitrogen and oxygen atoms in total. The van der Waals surface area contributed by atoms with Crippen LogP contribution in [-0.2, 0) is 19.1 Å². The smallest absolute Gasteiger partial charge is 0.306 e. The van der Waals surface area contributed by atoms with Gasteiger partial charge < -0.3 is 19.7 Å². The average Bonchev–Trinajstić information content (AvgIpc) is 2.42. The van der Waals surface area contributed by atoms with Crippen LogP contribution in [0.3, 0.4) is 0 Å². The van der Waals surface area contributed by atoms with Crippen molar-refractivity contribution >= 4 is 11.9 Å². The predicted molar refractivity (Wildman–Crippen MR) is 102 cm³/mol. The summed E-state index contributed by atoms with van der Waals surface area (Å²) < 4.78 is 12.0. The van der Waals surface area contributed by atoms with E-state index in [0.29, 0.717) is 32.3 Å². The second-order valence-corrected chi connectivity index (χ2v) is 10.2. The van der Waals surface area contributed by atoms with Gasteiger partial charge in [0.15, 0.2) is 0 Å². The molecule has 0 heterocycles. The first-order chi connectivity index (χ1) is 12.3. The van der Waals surface area contributed by atoms with Crippen molar-refractivity contribution in [1.29, 1.82) is 0 Å². The Hall–Kier alpha value is -1.14. The maximum Gasteiger partial charge on any atom is 0.306 e. The van der Waals surface area contributed by atoms with Gasteiger partial charge in [0, 0.05) is 0 Å². The Bertz CT molecular complexity index is 544. The minimum Gasteiger partial charge on any atom is -0.481 e. The molecule has 156 valence electrons. The number of aliphatic carboxylic acids is 2. The molecule has 0 aliphatic heterocycles. The van der Waals surface area contributed by atoms with Gasteiger partial charge in [-0.3, -0.25) is 9.59 Å². The molecule has 2 saturated carbocycles. The van der Waals surface area contributed by atoms with Crippen molar-refractivity contribution in [1.82, 2.24) is 0 Å². The van der Waals surface area contributed by atoms with Gasteiger partial charge in [-0.05, 0) is 85.0 Å². The normalized spacial score (nSPS) is 34.7. The van der Waals surface area contributed by atoms with Crippen molar-refractivity contribution in [3.63, 3.8) is 0 Å². The fraction of sp³-hybridized carbons (Fsp3) is 0.905. The van der Waals surface area contributed by atoms with Gasteiger partial charge in [-0.2, -0.15) is 0 Å². The van der Waals surface area contributed by atoms with E-state index in [1.165, 1.54) is 0 Å². The summed E-state index contributed by atoms with van der Waals surface area (Å²) >= 11 is 0. The zero-order chi connectivity index (χ0) is 20.6. The van der Waals surface area contributed by atoms with E-state index in [9.17, 15) is 19.8 Å². The molecule has 6 atom stereocenters. The third kappa shape index (κ3) is 5.92. The molecule has 2 N–H and O–H groups in total. The van der Waals surface area contributed by atoms with Crippen molar-refractivity contribution in [2.24, 2.45) is 29.6 Å². The first kappa shape index (κ1) is 22.2. The van der Waals surface area contributed by atoms with Gasteiger partial charge in [-0.15, -0.1) is 0 Å². The van der Waals surface area contributed by atoms with Crippen molar-refractivity contribution in [2.75, 3.05) is 6.61 Å². The lowest BCUT2D eigenvalue weighted by molar-refractivity contribution is -0.174. The lowest BCUT2D eigenvalue weighted by atomic mass is 9.54. The first-order valence-corrected chi connectivity index (χ1v) is 10.1. The van der Waals surface area contributed by atoms with Crippen molar-refractivity contribution in [3.8, 4) is 0 Å². The lowest BCUT2D eigenvalue weighted by Gasteiger charge is -2.51. The lowest BCUT2D eigenvalue weighted by Crippen LogP contribution is -2.53. The highest BCUT2D eigenvalue weighted by molar-refractivity contribution is 5.73. The molecule has 0 amide bonds. The maximum atomic E-state index is 11.9. The van der Waals surface area contributed by atoms with Crippen LogP contribution < -0.4 is 0 Å². The summed E-state index contributed by atoms with van der Waals surface area (Å²) in [5.41, 5.74) is -0.596. The fourth-order valence-corrected chi connectivity index (χ4v) is 4.73. The van der Waals surface area contributed by atoms with Crippen molar-refractivity contribution in [3.05, 3.63) is 0 Å². The Morgan fingerprint density at radius 1 is 0.889 bits per heavy atom. The summed E-state index contributed by atoms with van der Waals surface area (Å²) in [5, 5.41) is 19.4. The first-order valence-electron chi connectivity index (χ1n) is 10.1. The Balaban J connectivity index is 2.19. The molecule has 0 bridgehead atoms. The van der Waals surface area contributed by atoms with Gasteiger partial charge in [0.2, 0.25) is 0 Å². The van der Waals surface area contributed by atoms with Gasteiger partial charge in [0.1, 0.15) is 0 Å². The quantitative estimate of drug-likeness (QED) is 0.723. The number of hydrogen-bond acceptors (Lipinski definition) is 4. The largest absolute Gasteiger partial charge is 0.481 e. The molecule has 0 radical (unpaired) electrons. The van der Waals surface area contributed by atoms with Crippen LogP contribution in [0.1, 0.15) is 67.2 Å². The molecule has 2 aliphatic rings. The van der Waals surface area contributed by atoms with E-state index in [2.05, 4.69) is 0 Å². The van der Waals surface area contributed by atoms with E-state index in [1.807, 2.05) is 41.5 Å². The van der Waals surface area contributed by atoms with E-state index in [1.54, 1.807) is 0 Å². The van der Waals surface area contributed by atoms with Crippen LogP contribution in [-0.4, -0.2) is 46.1 Å². The number of rotatable bonds is 6. The highest BCUT2D eigenvalue weighted by atomic mass is 16.5. The van der Waals surface area contributed by atoms with Crippen LogP contribution in [0.15, 0.2) is 0 Å². The monoisotopic (exact) mass is 384 g/mol. The number of carbonyl (C=O) groups is 2. The standard InChI is InChI=1S/C21H36O6/c1-20(2,3)26-11-12-9-16(19(24)25)17(12)15-10-13(27-21(4,5)6)7-8-14(15)18(22)23/h12-17H,7-11H2,1-6H3,(H,22,23)(H,24,25). The van der Waals surface area contributed by atoms with E-state index in [-0.39, 0.29) is 35.1 Å². The second kappa shape index (κ2) is 8.08. The summed E-state index contributed by atoms with van der Waals surface area (Å²) in [6.07, 6.45) is 2.39. The molecule has 2 aliphatic carbocycles. The van der Waals surface area contributed by atoms with Crippen LogP contribution in [0.4, 0.5) is 0 Å². The molecular weight excluding hydrogens is 348 g/mol. The summed E-state index contributed by atoms with van der Waals surface area (Å²) in [6.45, 7) is 12.4. The number of carboxylic acids is 2. The average molecular weight is 385 g/mol. The van der Waals surface area contributed by atoms with Crippen LogP contribution in [0, 0.1) is 29.6 Å². The molecule has 2 fully saturated rings. The highest BCUT2D eigenvalue weighted by Crippen LogP contribution is 2.52. The Morgan fingerprint density at radius 3 is 1.96 bits per heavy atom. The molecule has 2 rings (SSSR count). The van der Waals surface area contributed by atoms with Crippen LogP contribution >= 0.6 is 0 Å². The molecule has 0 saturated heterocycles. The van der Waals surface area contributed by atoms with Gasteiger partial charge in [-0.25, -0.2) is 0 Å². The molecular formula is C21H36O6. The molecule has 0 spiro atoms. The fourth-order valence-electron chi connectivity index (χ4n) is 4.73. The SMILES string of the molecule is CC(C)(C)OCC1CC(C(=O)O)C1C1CC(OC(C)(C)C)CCC1C(=O)O. The van der Waals surface area contributed by atoms with E-state index >= 15 is 0 Å². The molecule has 6 heteroatoms. The topological polar surface area (TPSA) is 93.1 Å². The summed E-state index contributed by atoms with van der Waals surface area (Å²) in [6, 6.07) is 0. The molecule has 0 aromatic rings. The molecule has 0 aromatic heterocycles. The van der Waals surface area contributed by atoms with Crippen LogP contribution in [0.5, 0.6) is 0 Å². The molecule has 27 heavy (non-hydrogen) atoms. The summed E-state index contributed by atoms with van der Waals surface area (Å²) in [5.74, 6) is -2.90. The van der Waals surface area contributed by atoms with Gasteiger partial charge in [0.05, 0.1) is 35.7 Å². The zero-order valence-corrected chi connectivity index (χ0v) is 17.5. The van der Waals surface area contributed by atoms with Gasteiger partial charge in [-0.1, -0.05) is 0 Å². The molecule has 6 unspecified atom stereocenters. The van der Waals surface area contributed by atoms with Crippen LogP contribution in [0.2, 0.25) is 0 Å². The number of ether oxygens (including phenoxy) is 2. The third-order valence-electron chi connectivity index (χ3n) is 5.80. The van der Waals surface area contributed by atoms with Gasteiger partial charge in [0.25, 0.3) is 0 Å². The van der Waals surface area contributed by atoms with Crippen LogP contribution in [0.25, 0.3) is 0 Å². The van der Waals surface area contributed by atoms with E-state index < -0.39 is 23.8 Å². The number of carboxylic acid groups (broad SMARTS) is 2. The maximum absolute atomic E-state index is 11.9. The summed E-state index contributed by atoms with van der Waals surface area (Å²) in [7, 11) is 0. The Labute approximate surface area is 162 Å². The highest BCUT2D eigenvalue weighted by Gasteiger charge is 2.54. The van der Waals surface area contributed by atoms with E-state index in [0.717, 1.165) is 0 Å². The van der Waals surface area contributed by atoms with Crippen molar-refractivity contribution < 1.29 is 29.3 Å². The minimum absolute atomic E-state index is 0.0233. The number of hydrogen-bond donors (Lipinski definition) is 2. The predicted octanol–water partition coefficient (Wildman–Crippen LogP) is 3.82.